The van der Waals surface area contributed by atoms with Gasteiger partial charge in [-0.3, -0.25) is 4.79 Å². The maximum Gasteiger partial charge on any atom is 0.226 e. The molecule has 1 aromatic rings. The number of carbonyl (C=O) groups is 1. The summed E-state index contributed by atoms with van der Waals surface area (Å²) in [6, 6.07) is 0. The summed E-state index contributed by atoms with van der Waals surface area (Å²) in [7, 11) is 0. The topological polar surface area (TPSA) is 42.0 Å². The number of thiazole rings is 1. The maximum absolute atomic E-state index is 11.6. The number of amides is 1. The quantitative estimate of drug-likeness (QED) is 0.712. The lowest BCUT2D eigenvalue weighted by Crippen LogP contribution is -2.10. The lowest BCUT2D eigenvalue weighted by atomic mass is 10.1. The fraction of sp³-hybridized carbons (Fsp3) is 0.667. The van der Waals surface area contributed by atoms with E-state index in [0.717, 1.165) is 16.6 Å². The SMILES string of the molecule is CCCCCCCCC(=O)Nc1ncc(Br)s1. The number of carbonyl (C=O) groups excluding carboxylic acids is 1. The van der Waals surface area contributed by atoms with Crippen LogP contribution in [0.5, 0.6) is 0 Å². The fourth-order valence-corrected chi connectivity index (χ4v) is 2.68. The van der Waals surface area contributed by atoms with Gasteiger partial charge in [0.1, 0.15) is 0 Å². The Bertz CT molecular complexity index is 341. The van der Waals surface area contributed by atoms with E-state index in [0.29, 0.717) is 11.6 Å². The van der Waals surface area contributed by atoms with Gasteiger partial charge in [-0.15, -0.1) is 0 Å². The van der Waals surface area contributed by atoms with Gasteiger partial charge in [0.2, 0.25) is 5.91 Å². The highest BCUT2D eigenvalue weighted by Gasteiger charge is 2.05. The second-order valence-corrected chi connectivity index (χ2v) is 6.45. The third-order valence-corrected chi connectivity index (χ3v) is 3.87. The molecular weight excluding hydrogens is 300 g/mol. The molecular formula is C12H19BrN2OS. The molecule has 0 fully saturated rings. The number of halogens is 1. The second kappa shape index (κ2) is 8.64. The summed E-state index contributed by atoms with van der Waals surface area (Å²) in [5, 5.41) is 3.48. The largest absolute Gasteiger partial charge is 0.302 e. The van der Waals surface area contributed by atoms with E-state index in [2.05, 4.69) is 33.2 Å². The average Bonchev–Trinajstić information content (AvgIpc) is 2.69. The van der Waals surface area contributed by atoms with E-state index >= 15 is 0 Å². The molecule has 96 valence electrons. The standard InChI is InChI=1S/C12H19BrN2OS/c1-2-3-4-5-6-7-8-11(16)15-12-14-9-10(13)17-12/h9H,2-8H2,1H3,(H,14,15,16). The van der Waals surface area contributed by atoms with Crippen molar-refractivity contribution < 1.29 is 4.79 Å². The molecule has 0 spiro atoms. The van der Waals surface area contributed by atoms with Crippen molar-refractivity contribution in [1.29, 1.82) is 0 Å². The van der Waals surface area contributed by atoms with Crippen molar-refractivity contribution in [2.45, 2.75) is 51.9 Å². The van der Waals surface area contributed by atoms with Gasteiger partial charge in [-0.2, -0.15) is 0 Å². The molecule has 0 aliphatic carbocycles. The highest BCUT2D eigenvalue weighted by molar-refractivity contribution is 9.11. The summed E-state index contributed by atoms with van der Waals surface area (Å²) in [4.78, 5) is 15.6. The van der Waals surface area contributed by atoms with E-state index in [1.54, 1.807) is 6.20 Å². The maximum atomic E-state index is 11.6. The molecule has 0 atom stereocenters. The fourth-order valence-electron chi connectivity index (χ4n) is 1.56. The first kappa shape index (κ1) is 14.6. The summed E-state index contributed by atoms with van der Waals surface area (Å²) in [5.41, 5.74) is 0. The minimum absolute atomic E-state index is 0.0716. The molecule has 0 radical (unpaired) electrons. The summed E-state index contributed by atoms with van der Waals surface area (Å²) in [6.07, 6.45) is 9.52. The average molecular weight is 319 g/mol. The predicted octanol–water partition coefficient (Wildman–Crippen LogP) is 4.59. The van der Waals surface area contributed by atoms with Crippen molar-refractivity contribution in [2.75, 3.05) is 5.32 Å². The van der Waals surface area contributed by atoms with Crippen LogP contribution in [-0.4, -0.2) is 10.9 Å². The third kappa shape index (κ3) is 6.78. The predicted molar refractivity (Wildman–Crippen MR) is 76.4 cm³/mol. The minimum atomic E-state index is 0.0716. The molecule has 0 aliphatic heterocycles. The molecule has 0 aliphatic rings. The van der Waals surface area contributed by atoms with Crippen LogP contribution in [0.4, 0.5) is 5.13 Å². The Morgan fingerprint density at radius 1 is 1.35 bits per heavy atom. The van der Waals surface area contributed by atoms with Crippen LogP contribution in [0.3, 0.4) is 0 Å². The van der Waals surface area contributed by atoms with Crippen molar-refractivity contribution in [2.24, 2.45) is 0 Å². The molecule has 0 saturated heterocycles. The summed E-state index contributed by atoms with van der Waals surface area (Å²) >= 11 is 4.75. The number of unbranched alkanes of at least 4 members (excludes halogenated alkanes) is 5. The first-order valence-corrected chi connectivity index (χ1v) is 7.74. The number of nitrogens with one attached hydrogen (secondary N) is 1. The molecule has 17 heavy (non-hydrogen) atoms. The molecule has 0 unspecified atom stereocenters. The smallest absolute Gasteiger partial charge is 0.226 e. The van der Waals surface area contributed by atoms with Crippen molar-refractivity contribution in [3.05, 3.63) is 9.98 Å². The van der Waals surface area contributed by atoms with Gasteiger partial charge >= 0.3 is 0 Å². The van der Waals surface area contributed by atoms with Crippen molar-refractivity contribution >= 4 is 38.3 Å². The molecule has 1 N–H and O–H groups in total. The Morgan fingerprint density at radius 2 is 2.06 bits per heavy atom. The molecule has 0 bridgehead atoms. The summed E-state index contributed by atoms with van der Waals surface area (Å²) in [6.45, 7) is 2.21. The Morgan fingerprint density at radius 3 is 2.71 bits per heavy atom. The van der Waals surface area contributed by atoms with Crippen LogP contribution in [0.15, 0.2) is 9.98 Å². The van der Waals surface area contributed by atoms with Crippen molar-refractivity contribution in [3.8, 4) is 0 Å². The molecule has 0 aromatic carbocycles. The van der Waals surface area contributed by atoms with Crippen LogP contribution in [0, 0.1) is 0 Å². The number of rotatable bonds is 8. The normalized spacial score (nSPS) is 10.5. The third-order valence-electron chi connectivity index (χ3n) is 2.48. The monoisotopic (exact) mass is 318 g/mol. The lowest BCUT2D eigenvalue weighted by Gasteiger charge is -2.01. The summed E-state index contributed by atoms with van der Waals surface area (Å²) < 4.78 is 0.937. The summed E-state index contributed by atoms with van der Waals surface area (Å²) in [5.74, 6) is 0.0716. The Kier molecular flexibility index (Phi) is 7.44. The highest BCUT2D eigenvalue weighted by Crippen LogP contribution is 2.23. The van der Waals surface area contributed by atoms with E-state index in [-0.39, 0.29) is 5.91 Å². The molecule has 5 heteroatoms. The zero-order valence-electron chi connectivity index (χ0n) is 10.2. The van der Waals surface area contributed by atoms with Gasteiger partial charge < -0.3 is 5.32 Å². The van der Waals surface area contributed by atoms with Crippen LogP contribution in [0.1, 0.15) is 51.9 Å². The Balaban J connectivity index is 2.05. The minimum Gasteiger partial charge on any atom is -0.302 e. The molecule has 3 nitrogen and oxygen atoms in total. The number of nitrogens with zero attached hydrogens (tertiary/aromatic N) is 1. The van der Waals surface area contributed by atoms with E-state index in [4.69, 9.17) is 0 Å². The number of anilines is 1. The highest BCUT2D eigenvalue weighted by atomic mass is 79.9. The van der Waals surface area contributed by atoms with Crippen LogP contribution in [-0.2, 0) is 4.79 Å². The van der Waals surface area contributed by atoms with Crippen LogP contribution >= 0.6 is 27.3 Å². The molecule has 1 heterocycles. The van der Waals surface area contributed by atoms with Gasteiger partial charge in [-0.25, -0.2) is 4.98 Å². The van der Waals surface area contributed by atoms with Gasteiger partial charge in [-0.05, 0) is 22.4 Å². The van der Waals surface area contributed by atoms with Gasteiger partial charge in [0.15, 0.2) is 5.13 Å². The van der Waals surface area contributed by atoms with E-state index < -0.39 is 0 Å². The van der Waals surface area contributed by atoms with Gasteiger partial charge in [0, 0.05) is 6.42 Å². The van der Waals surface area contributed by atoms with Gasteiger partial charge in [0.05, 0.1) is 9.98 Å². The molecule has 1 amide bonds. The Hall–Kier alpha value is -0.420. The van der Waals surface area contributed by atoms with Crippen LogP contribution in [0.2, 0.25) is 0 Å². The zero-order valence-corrected chi connectivity index (χ0v) is 12.6. The van der Waals surface area contributed by atoms with E-state index in [1.165, 1.54) is 37.0 Å². The Labute approximate surface area is 115 Å². The lowest BCUT2D eigenvalue weighted by molar-refractivity contribution is -0.116. The van der Waals surface area contributed by atoms with Crippen LogP contribution in [0.25, 0.3) is 0 Å². The first-order chi connectivity index (χ1) is 8.22. The second-order valence-electron chi connectivity index (χ2n) is 4.04. The number of hydrogen-bond donors (Lipinski definition) is 1. The van der Waals surface area contributed by atoms with Gasteiger partial charge in [0.25, 0.3) is 0 Å². The zero-order chi connectivity index (χ0) is 12.5. The number of hydrogen-bond acceptors (Lipinski definition) is 3. The van der Waals surface area contributed by atoms with Crippen LogP contribution < -0.4 is 5.32 Å². The molecule has 1 aromatic heterocycles. The van der Waals surface area contributed by atoms with Crippen molar-refractivity contribution in [1.82, 2.24) is 4.98 Å². The first-order valence-electron chi connectivity index (χ1n) is 6.13. The number of aromatic nitrogens is 1. The molecule has 1 rings (SSSR count). The van der Waals surface area contributed by atoms with Gasteiger partial charge in [-0.1, -0.05) is 50.4 Å². The van der Waals surface area contributed by atoms with E-state index in [9.17, 15) is 4.79 Å². The molecule has 0 saturated carbocycles. The van der Waals surface area contributed by atoms with Crippen molar-refractivity contribution in [3.63, 3.8) is 0 Å². The van der Waals surface area contributed by atoms with E-state index in [1.807, 2.05) is 0 Å².